The van der Waals surface area contributed by atoms with E-state index >= 15 is 0 Å². The summed E-state index contributed by atoms with van der Waals surface area (Å²) in [4.78, 5) is 17.6. The third-order valence-corrected chi connectivity index (χ3v) is 7.18. The maximum absolute atomic E-state index is 13.0. The minimum Gasteiger partial charge on any atom is -0.392 e. The molecule has 0 bridgehead atoms. The first kappa shape index (κ1) is 18.0. The Kier molecular flexibility index (Phi) is 4.83. The number of benzene rings is 1. The van der Waals surface area contributed by atoms with Crippen LogP contribution >= 0.6 is 0 Å². The van der Waals surface area contributed by atoms with Gasteiger partial charge >= 0.3 is 0 Å². The molecule has 0 unspecified atom stereocenters. The highest BCUT2D eigenvalue weighted by Gasteiger charge is 2.48. The number of carbonyl (C=O) groups excluding carboxylic acids is 1. The number of carbonyl (C=O) groups is 1. The fraction of sp³-hybridized carbons (Fsp3) is 0.682. The van der Waals surface area contributed by atoms with Crippen molar-refractivity contribution in [1.82, 2.24) is 9.80 Å². The van der Waals surface area contributed by atoms with Gasteiger partial charge in [-0.25, -0.2) is 0 Å². The summed E-state index contributed by atoms with van der Waals surface area (Å²) in [6.45, 7) is 8.12. The van der Waals surface area contributed by atoms with E-state index in [9.17, 15) is 9.90 Å². The SMILES string of the molecule is CC(C)N1CCC(C(=O)N2CCC3(CC2)c2ccccc2C[C@@H]3O)CC1. The molecule has 2 fully saturated rings. The van der Waals surface area contributed by atoms with Crippen LogP contribution in [0.25, 0.3) is 0 Å². The first-order valence-corrected chi connectivity index (χ1v) is 10.3. The molecular formula is C22H32N2O2. The lowest BCUT2D eigenvalue weighted by Crippen LogP contribution is -2.51. The summed E-state index contributed by atoms with van der Waals surface area (Å²) in [6, 6.07) is 9.05. The summed E-state index contributed by atoms with van der Waals surface area (Å²) in [5.74, 6) is 0.545. The van der Waals surface area contributed by atoms with Crippen molar-refractivity contribution in [3.8, 4) is 0 Å². The van der Waals surface area contributed by atoms with E-state index in [0.717, 1.165) is 58.3 Å². The molecule has 2 saturated heterocycles. The number of nitrogens with zero attached hydrogens (tertiary/aromatic N) is 2. The van der Waals surface area contributed by atoms with Crippen molar-refractivity contribution in [2.75, 3.05) is 26.2 Å². The number of aliphatic hydroxyl groups excluding tert-OH is 1. The molecule has 0 aromatic heterocycles. The highest BCUT2D eigenvalue weighted by molar-refractivity contribution is 5.79. The van der Waals surface area contributed by atoms with Gasteiger partial charge in [-0.2, -0.15) is 0 Å². The molecule has 0 radical (unpaired) electrons. The van der Waals surface area contributed by atoms with E-state index < -0.39 is 0 Å². The second kappa shape index (κ2) is 6.97. The molecule has 1 amide bonds. The van der Waals surface area contributed by atoms with E-state index in [0.29, 0.717) is 11.9 Å². The molecule has 142 valence electrons. The molecule has 3 aliphatic rings. The first-order valence-electron chi connectivity index (χ1n) is 10.3. The second-order valence-corrected chi connectivity index (χ2v) is 8.76. The molecule has 4 nitrogen and oxygen atoms in total. The summed E-state index contributed by atoms with van der Waals surface area (Å²) < 4.78 is 0. The van der Waals surface area contributed by atoms with E-state index in [2.05, 4.69) is 47.9 Å². The van der Waals surface area contributed by atoms with Crippen LogP contribution in [0.4, 0.5) is 0 Å². The number of aliphatic hydroxyl groups is 1. The van der Waals surface area contributed by atoms with E-state index in [1.54, 1.807) is 0 Å². The molecular weight excluding hydrogens is 324 g/mol. The smallest absolute Gasteiger partial charge is 0.225 e. The Labute approximate surface area is 157 Å². The lowest BCUT2D eigenvalue weighted by molar-refractivity contribution is -0.139. The summed E-state index contributed by atoms with van der Waals surface area (Å²) in [6.07, 6.45) is 4.22. The number of fused-ring (bicyclic) bond motifs is 2. The summed E-state index contributed by atoms with van der Waals surface area (Å²) in [5.41, 5.74) is 2.49. The predicted octanol–water partition coefficient (Wildman–Crippen LogP) is 2.58. The Bertz CT molecular complexity index is 656. The zero-order chi connectivity index (χ0) is 18.3. The molecule has 1 aromatic carbocycles. The van der Waals surface area contributed by atoms with Crippen molar-refractivity contribution in [3.63, 3.8) is 0 Å². The van der Waals surface area contributed by atoms with Gasteiger partial charge in [0.2, 0.25) is 5.91 Å². The van der Waals surface area contributed by atoms with Crippen molar-refractivity contribution in [1.29, 1.82) is 0 Å². The van der Waals surface area contributed by atoms with Gasteiger partial charge in [0.05, 0.1) is 6.10 Å². The predicted molar refractivity (Wildman–Crippen MR) is 103 cm³/mol. The zero-order valence-electron chi connectivity index (χ0n) is 16.2. The molecule has 1 spiro atoms. The Hall–Kier alpha value is -1.39. The minimum atomic E-state index is -0.300. The van der Waals surface area contributed by atoms with Crippen LogP contribution in [0.15, 0.2) is 24.3 Å². The van der Waals surface area contributed by atoms with Gasteiger partial charge in [0.25, 0.3) is 0 Å². The topological polar surface area (TPSA) is 43.8 Å². The molecule has 4 heteroatoms. The van der Waals surface area contributed by atoms with Gasteiger partial charge in [-0.05, 0) is 70.2 Å². The molecule has 26 heavy (non-hydrogen) atoms. The third kappa shape index (κ3) is 2.97. The van der Waals surface area contributed by atoms with Crippen LogP contribution in [0.5, 0.6) is 0 Å². The lowest BCUT2D eigenvalue weighted by atomic mass is 9.72. The van der Waals surface area contributed by atoms with Gasteiger partial charge in [0.15, 0.2) is 0 Å². The largest absolute Gasteiger partial charge is 0.392 e. The molecule has 2 aliphatic heterocycles. The van der Waals surface area contributed by atoms with Gasteiger partial charge in [0.1, 0.15) is 0 Å². The number of hydrogen-bond acceptors (Lipinski definition) is 3. The highest BCUT2D eigenvalue weighted by Crippen LogP contribution is 2.46. The Morgan fingerprint density at radius 1 is 1.12 bits per heavy atom. The van der Waals surface area contributed by atoms with Gasteiger partial charge in [0, 0.05) is 30.5 Å². The molecule has 1 atom stereocenters. The first-order chi connectivity index (χ1) is 12.5. The van der Waals surface area contributed by atoms with Crippen LogP contribution in [-0.2, 0) is 16.6 Å². The van der Waals surface area contributed by atoms with E-state index in [1.165, 1.54) is 11.1 Å². The third-order valence-electron chi connectivity index (χ3n) is 7.18. The van der Waals surface area contributed by atoms with Gasteiger partial charge in [-0.15, -0.1) is 0 Å². The number of amides is 1. The van der Waals surface area contributed by atoms with E-state index in [-0.39, 0.29) is 17.4 Å². The molecule has 2 heterocycles. The van der Waals surface area contributed by atoms with Crippen molar-refractivity contribution in [3.05, 3.63) is 35.4 Å². The van der Waals surface area contributed by atoms with Crippen molar-refractivity contribution < 1.29 is 9.90 Å². The number of piperidine rings is 2. The van der Waals surface area contributed by atoms with Gasteiger partial charge in [-0.3, -0.25) is 4.79 Å². The van der Waals surface area contributed by atoms with Crippen molar-refractivity contribution in [2.24, 2.45) is 5.92 Å². The number of hydrogen-bond donors (Lipinski definition) is 1. The lowest BCUT2D eigenvalue weighted by Gasteiger charge is -2.44. The van der Waals surface area contributed by atoms with Crippen LogP contribution in [0.2, 0.25) is 0 Å². The zero-order valence-corrected chi connectivity index (χ0v) is 16.2. The summed E-state index contributed by atoms with van der Waals surface area (Å²) in [5, 5.41) is 10.8. The van der Waals surface area contributed by atoms with Crippen molar-refractivity contribution in [2.45, 2.75) is 63.5 Å². The Morgan fingerprint density at radius 3 is 2.42 bits per heavy atom. The Balaban J connectivity index is 1.39. The fourth-order valence-electron chi connectivity index (χ4n) is 5.42. The maximum Gasteiger partial charge on any atom is 0.225 e. The van der Waals surface area contributed by atoms with Crippen LogP contribution < -0.4 is 0 Å². The van der Waals surface area contributed by atoms with Crippen molar-refractivity contribution >= 4 is 5.91 Å². The van der Waals surface area contributed by atoms with Crippen LogP contribution in [0.3, 0.4) is 0 Å². The van der Waals surface area contributed by atoms with E-state index in [4.69, 9.17) is 0 Å². The molecule has 4 rings (SSSR count). The molecule has 1 N–H and O–H groups in total. The monoisotopic (exact) mass is 356 g/mol. The number of rotatable bonds is 2. The highest BCUT2D eigenvalue weighted by atomic mass is 16.3. The molecule has 1 aromatic rings. The van der Waals surface area contributed by atoms with Gasteiger partial charge < -0.3 is 14.9 Å². The van der Waals surface area contributed by atoms with E-state index in [1.807, 2.05) is 0 Å². The van der Waals surface area contributed by atoms with Crippen LogP contribution in [-0.4, -0.2) is 59.1 Å². The summed E-state index contributed by atoms with van der Waals surface area (Å²) in [7, 11) is 0. The Morgan fingerprint density at radius 2 is 1.77 bits per heavy atom. The fourth-order valence-corrected chi connectivity index (χ4v) is 5.42. The van der Waals surface area contributed by atoms with Crippen LogP contribution in [0, 0.1) is 5.92 Å². The van der Waals surface area contributed by atoms with Gasteiger partial charge in [-0.1, -0.05) is 24.3 Å². The average Bonchev–Trinajstić information content (AvgIpc) is 2.94. The normalized spacial score (nSPS) is 26.5. The standard InChI is InChI=1S/C22H32N2O2/c1-16(2)23-11-7-17(8-12-23)21(26)24-13-9-22(10-14-24)19-6-4-3-5-18(19)15-20(22)25/h3-6,16-17,20,25H,7-15H2,1-2H3/t20-/m0/s1. The maximum atomic E-state index is 13.0. The summed E-state index contributed by atoms with van der Waals surface area (Å²) >= 11 is 0. The average molecular weight is 357 g/mol. The number of likely N-dealkylation sites (tertiary alicyclic amines) is 2. The second-order valence-electron chi connectivity index (χ2n) is 8.76. The van der Waals surface area contributed by atoms with Crippen LogP contribution in [0.1, 0.15) is 50.7 Å². The molecule has 1 aliphatic carbocycles. The molecule has 0 saturated carbocycles. The quantitative estimate of drug-likeness (QED) is 0.886. The minimum absolute atomic E-state index is 0.131.